The van der Waals surface area contributed by atoms with Crippen molar-refractivity contribution in [1.82, 2.24) is 5.32 Å². The van der Waals surface area contributed by atoms with Crippen LogP contribution in [-0.4, -0.2) is 30.8 Å². The van der Waals surface area contributed by atoms with Crippen LogP contribution in [0.2, 0.25) is 0 Å². The molecule has 0 aliphatic carbocycles. The van der Waals surface area contributed by atoms with Gasteiger partial charge >= 0.3 is 5.97 Å². The predicted octanol–water partition coefficient (Wildman–Crippen LogP) is 2.96. The number of carbonyl (C=O) groups is 1. The Kier molecular flexibility index (Phi) is 5.23. The SMILES string of the molecule is [2H]C([2H])(COc1cccc(CC(C(=O)O)C2CCNC2)c1)C(C)C. The van der Waals surface area contributed by atoms with Crippen molar-refractivity contribution in [2.24, 2.45) is 17.8 Å². The van der Waals surface area contributed by atoms with Crippen LogP contribution in [0.3, 0.4) is 0 Å². The summed E-state index contributed by atoms with van der Waals surface area (Å²) in [6.07, 6.45) is -0.0349. The highest BCUT2D eigenvalue weighted by Gasteiger charge is 2.30. The molecule has 0 radical (unpaired) electrons. The molecule has 22 heavy (non-hydrogen) atoms. The molecule has 0 aromatic heterocycles. The molecule has 1 saturated heterocycles. The van der Waals surface area contributed by atoms with Gasteiger partial charge in [-0.15, -0.1) is 0 Å². The van der Waals surface area contributed by atoms with Crippen molar-refractivity contribution in [1.29, 1.82) is 0 Å². The van der Waals surface area contributed by atoms with Gasteiger partial charge in [0.25, 0.3) is 0 Å². The first-order valence-corrected chi connectivity index (χ1v) is 7.95. The molecule has 4 nitrogen and oxygen atoms in total. The molecule has 2 N–H and O–H groups in total. The number of hydrogen-bond donors (Lipinski definition) is 2. The van der Waals surface area contributed by atoms with Gasteiger partial charge in [0, 0.05) is 2.74 Å². The van der Waals surface area contributed by atoms with E-state index < -0.39 is 18.3 Å². The van der Waals surface area contributed by atoms with Crippen LogP contribution in [0.4, 0.5) is 0 Å². The number of nitrogens with one attached hydrogen (secondary N) is 1. The molecule has 0 bridgehead atoms. The topological polar surface area (TPSA) is 58.6 Å². The van der Waals surface area contributed by atoms with Crippen LogP contribution in [0.1, 0.15) is 34.9 Å². The number of carboxylic acids is 1. The van der Waals surface area contributed by atoms with E-state index in [9.17, 15) is 9.90 Å². The molecule has 2 rings (SSSR count). The van der Waals surface area contributed by atoms with Crippen molar-refractivity contribution in [3.05, 3.63) is 29.8 Å². The Morgan fingerprint density at radius 3 is 3.00 bits per heavy atom. The summed E-state index contributed by atoms with van der Waals surface area (Å²) in [5.74, 6) is -0.552. The molecule has 1 aromatic rings. The minimum absolute atomic E-state index is 0.0109. The van der Waals surface area contributed by atoms with Gasteiger partial charge in [-0.05, 0) is 61.8 Å². The molecule has 0 amide bonds. The van der Waals surface area contributed by atoms with Gasteiger partial charge in [0.2, 0.25) is 0 Å². The summed E-state index contributed by atoms with van der Waals surface area (Å²) >= 11 is 0. The fraction of sp³-hybridized carbons (Fsp3) is 0.611. The number of rotatable bonds is 8. The van der Waals surface area contributed by atoms with Crippen molar-refractivity contribution < 1.29 is 17.4 Å². The van der Waals surface area contributed by atoms with Crippen LogP contribution in [0.5, 0.6) is 5.75 Å². The van der Waals surface area contributed by atoms with E-state index in [4.69, 9.17) is 7.48 Å². The van der Waals surface area contributed by atoms with Crippen LogP contribution in [0, 0.1) is 17.8 Å². The van der Waals surface area contributed by atoms with E-state index in [0.29, 0.717) is 12.2 Å². The second kappa shape index (κ2) is 8.18. The minimum atomic E-state index is -1.39. The number of hydrogen-bond acceptors (Lipinski definition) is 3. The summed E-state index contributed by atoms with van der Waals surface area (Å²) in [6.45, 7) is 5.27. The van der Waals surface area contributed by atoms with Crippen molar-refractivity contribution in [3.63, 3.8) is 0 Å². The largest absolute Gasteiger partial charge is 0.494 e. The first kappa shape index (κ1) is 14.1. The maximum atomic E-state index is 11.6. The maximum absolute atomic E-state index is 11.6. The molecule has 1 aliphatic heterocycles. The third-order valence-electron chi connectivity index (χ3n) is 4.07. The molecule has 1 aliphatic rings. The average Bonchev–Trinajstić information content (AvgIpc) is 3.05. The van der Waals surface area contributed by atoms with E-state index in [2.05, 4.69) is 5.32 Å². The van der Waals surface area contributed by atoms with Crippen LogP contribution < -0.4 is 10.1 Å². The van der Waals surface area contributed by atoms with E-state index in [0.717, 1.165) is 25.1 Å². The Labute approximate surface area is 135 Å². The molecule has 0 saturated carbocycles. The highest BCUT2D eigenvalue weighted by Crippen LogP contribution is 2.25. The summed E-state index contributed by atoms with van der Waals surface area (Å²) in [5, 5.41) is 12.7. The summed E-state index contributed by atoms with van der Waals surface area (Å²) < 4.78 is 21.5. The highest BCUT2D eigenvalue weighted by atomic mass is 16.5. The Morgan fingerprint density at radius 2 is 2.36 bits per heavy atom. The lowest BCUT2D eigenvalue weighted by Gasteiger charge is -2.19. The zero-order chi connectivity index (χ0) is 17.7. The zero-order valence-corrected chi connectivity index (χ0v) is 13.3. The molecule has 2 unspecified atom stereocenters. The Morgan fingerprint density at radius 1 is 1.55 bits per heavy atom. The lowest BCUT2D eigenvalue weighted by molar-refractivity contribution is -0.143. The van der Waals surface area contributed by atoms with Crippen molar-refractivity contribution >= 4 is 5.97 Å². The van der Waals surface area contributed by atoms with Crippen molar-refractivity contribution in [3.8, 4) is 5.75 Å². The number of benzene rings is 1. The van der Waals surface area contributed by atoms with E-state index in [1.807, 2.05) is 32.0 Å². The standard InChI is InChI=1S/C18H27NO3/c1-13(2)7-9-22-16-5-3-4-14(10-16)11-17(18(20)21)15-6-8-19-12-15/h3-5,10,13,15,17,19H,6-9,11-12H2,1-2H3,(H,20,21)/i7D2. The maximum Gasteiger partial charge on any atom is 0.307 e. The van der Waals surface area contributed by atoms with Gasteiger partial charge in [0.15, 0.2) is 0 Å². The van der Waals surface area contributed by atoms with E-state index >= 15 is 0 Å². The van der Waals surface area contributed by atoms with Crippen LogP contribution in [0.25, 0.3) is 0 Å². The van der Waals surface area contributed by atoms with Gasteiger partial charge < -0.3 is 15.2 Å². The summed E-state index contributed by atoms with van der Waals surface area (Å²) in [6, 6.07) is 7.35. The summed E-state index contributed by atoms with van der Waals surface area (Å²) in [7, 11) is 0. The quantitative estimate of drug-likeness (QED) is 0.775. The predicted molar refractivity (Wildman–Crippen MR) is 87.2 cm³/mol. The van der Waals surface area contributed by atoms with Crippen LogP contribution in [-0.2, 0) is 11.2 Å². The fourth-order valence-corrected chi connectivity index (χ4v) is 2.78. The Bertz CT molecular complexity index is 557. The number of carboxylic acid groups (broad SMARTS) is 1. The Hall–Kier alpha value is -1.55. The third kappa shape index (κ3) is 5.02. The third-order valence-corrected chi connectivity index (χ3v) is 4.07. The molecule has 4 heteroatoms. The van der Waals surface area contributed by atoms with E-state index in [1.54, 1.807) is 6.07 Å². The average molecular weight is 307 g/mol. The summed E-state index contributed by atoms with van der Waals surface area (Å²) in [5.41, 5.74) is 0.914. The molecule has 122 valence electrons. The molecular formula is C18H27NO3. The van der Waals surface area contributed by atoms with Crippen molar-refractivity contribution in [2.45, 2.75) is 33.1 Å². The number of ether oxygens (including phenoxy) is 1. The molecular weight excluding hydrogens is 278 g/mol. The molecule has 0 spiro atoms. The van der Waals surface area contributed by atoms with Crippen molar-refractivity contribution in [2.75, 3.05) is 19.7 Å². The first-order chi connectivity index (χ1) is 11.3. The summed E-state index contributed by atoms with van der Waals surface area (Å²) in [4.78, 5) is 11.6. The monoisotopic (exact) mass is 307 g/mol. The first-order valence-electron chi connectivity index (χ1n) is 8.95. The van der Waals surface area contributed by atoms with Gasteiger partial charge in [-0.1, -0.05) is 26.0 Å². The highest BCUT2D eigenvalue weighted by molar-refractivity contribution is 5.71. The molecule has 2 atom stereocenters. The van der Waals surface area contributed by atoms with Gasteiger partial charge in [0.1, 0.15) is 5.75 Å². The number of aliphatic carboxylic acids is 1. The second-order valence-corrected chi connectivity index (χ2v) is 6.20. The second-order valence-electron chi connectivity index (χ2n) is 6.20. The van der Waals surface area contributed by atoms with E-state index in [-0.39, 0.29) is 18.4 Å². The molecule has 1 heterocycles. The van der Waals surface area contributed by atoms with Gasteiger partial charge in [-0.25, -0.2) is 0 Å². The Balaban J connectivity index is 2.02. The molecule has 1 aromatic carbocycles. The van der Waals surface area contributed by atoms with Gasteiger partial charge in [-0.3, -0.25) is 4.79 Å². The van der Waals surface area contributed by atoms with E-state index in [1.165, 1.54) is 0 Å². The normalized spacial score (nSPS) is 21.3. The smallest absolute Gasteiger partial charge is 0.307 e. The van der Waals surface area contributed by atoms with Gasteiger partial charge in [-0.2, -0.15) is 0 Å². The lowest BCUT2D eigenvalue weighted by atomic mass is 9.86. The fourth-order valence-electron chi connectivity index (χ4n) is 2.78. The molecule has 1 fully saturated rings. The lowest BCUT2D eigenvalue weighted by Crippen LogP contribution is -2.27. The van der Waals surface area contributed by atoms with Crippen LogP contribution >= 0.6 is 0 Å². The van der Waals surface area contributed by atoms with Crippen LogP contribution in [0.15, 0.2) is 24.3 Å². The minimum Gasteiger partial charge on any atom is -0.494 e. The zero-order valence-electron chi connectivity index (χ0n) is 15.3. The van der Waals surface area contributed by atoms with Gasteiger partial charge in [0.05, 0.1) is 12.5 Å².